The minimum atomic E-state index is 0.505. The van der Waals surface area contributed by atoms with Crippen molar-refractivity contribution in [3.05, 3.63) is 21.9 Å². The maximum absolute atomic E-state index is 5.09. The summed E-state index contributed by atoms with van der Waals surface area (Å²) in [6.45, 7) is 6.22. The quantitative estimate of drug-likeness (QED) is 0.723. The average molecular weight is 227 g/mol. The molecule has 0 saturated heterocycles. The molecule has 0 saturated carbocycles. The van der Waals surface area contributed by atoms with E-state index in [0.29, 0.717) is 6.04 Å². The fourth-order valence-corrected chi connectivity index (χ4v) is 2.78. The van der Waals surface area contributed by atoms with Crippen molar-refractivity contribution >= 4 is 11.3 Å². The summed E-state index contributed by atoms with van der Waals surface area (Å²) in [5.74, 6) is 0. The fourth-order valence-electron chi connectivity index (χ4n) is 1.75. The van der Waals surface area contributed by atoms with Crippen molar-refractivity contribution in [3.8, 4) is 0 Å². The van der Waals surface area contributed by atoms with Gasteiger partial charge in [-0.3, -0.25) is 0 Å². The average Bonchev–Trinajstić information content (AvgIpc) is 2.64. The van der Waals surface area contributed by atoms with Crippen LogP contribution in [0.5, 0.6) is 0 Å². The molecule has 1 unspecified atom stereocenters. The number of rotatable bonds is 7. The summed E-state index contributed by atoms with van der Waals surface area (Å²) < 4.78 is 5.09. The molecule has 0 spiro atoms. The molecule has 1 aromatic rings. The highest BCUT2D eigenvalue weighted by Gasteiger charge is 2.13. The standard InChI is InChI=1S/C12H21NOS/c1-4-13-11(6-5-8-14-3)12-10(2)7-9-15-12/h7,9,11,13H,4-6,8H2,1-3H3. The highest BCUT2D eigenvalue weighted by molar-refractivity contribution is 7.10. The lowest BCUT2D eigenvalue weighted by molar-refractivity contribution is 0.189. The van der Waals surface area contributed by atoms with Crippen LogP contribution in [0, 0.1) is 6.92 Å². The van der Waals surface area contributed by atoms with Crippen LogP contribution in [0.25, 0.3) is 0 Å². The summed E-state index contributed by atoms with van der Waals surface area (Å²) in [6, 6.07) is 2.70. The molecule has 1 atom stereocenters. The van der Waals surface area contributed by atoms with Gasteiger partial charge in [0.15, 0.2) is 0 Å². The Morgan fingerprint density at radius 2 is 2.33 bits per heavy atom. The molecule has 3 heteroatoms. The summed E-state index contributed by atoms with van der Waals surface area (Å²) in [4.78, 5) is 1.48. The molecule has 0 aliphatic carbocycles. The molecular weight excluding hydrogens is 206 g/mol. The molecule has 1 rings (SSSR count). The number of thiophene rings is 1. The van der Waals surface area contributed by atoms with Crippen LogP contribution in [0.3, 0.4) is 0 Å². The van der Waals surface area contributed by atoms with E-state index in [-0.39, 0.29) is 0 Å². The van der Waals surface area contributed by atoms with Gasteiger partial charge in [0.2, 0.25) is 0 Å². The lowest BCUT2D eigenvalue weighted by atomic mass is 10.1. The molecule has 86 valence electrons. The van der Waals surface area contributed by atoms with E-state index in [0.717, 1.165) is 26.0 Å². The van der Waals surface area contributed by atoms with Crippen molar-refractivity contribution in [3.63, 3.8) is 0 Å². The van der Waals surface area contributed by atoms with E-state index >= 15 is 0 Å². The molecule has 0 aromatic carbocycles. The Bertz CT molecular complexity index is 272. The maximum atomic E-state index is 5.09. The molecular formula is C12H21NOS. The molecule has 0 radical (unpaired) electrons. The van der Waals surface area contributed by atoms with E-state index in [9.17, 15) is 0 Å². The Morgan fingerprint density at radius 1 is 1.53 bits per heavy atom. The third-order valence-corrected chi connectivity index (χ3v) is 3.64. The van der Waals surface area contributed by atoms with Gasteiger partial charge in [-0.1, -0.05) is 6.92 Å². The third-order valence-electron chi connectivity index (χ3n) is 2.51. The van der Waals surface area contributed by atoms with Crippen LogP contribution in [0.15, 0.2) is 11.4 Å². The largest absolute Gasteiger partial charge is 0.385 e. The lowest BCUT2D eigenvalue weighted by Gasteiger charge is -2.17. The zero-order chi connectivity index (χ0) is 11.1. The topological polar surface area (TPSA) is 21.3 Å². The van der Waals surface area contributed by atoms with Crippen molar-refractivity contribution in [2.45, 2.75) is 32.7 Å². The van der Waals surface area contributed by atoms with Crippen LogP contribution in [0.4, 0.5) is 0 Å². The second-order valence-electron chi connectivity index (χ2n) is 3.71. The van der Waals surface area contributed by atoms with Gasteiger partial charge in [-0.25, -0.2) is 0 Å². The smallest absolute Gasteiger partial charge is 0.0462 e. The Hall–Kier alpha value is -0.380. The first-order valence-electron chi connectivity index (χ1n) is 5.56. The van der Waals surface area contributed by atoms with Gasteiger partial charge in [-0.15, -0.1) is 11.3 Å². The Balaban J connectivity index is 2.53. The zero-order valence-electron chi connectivity index (χ0n) is 9.88. The number of ether oxygens (including phenoxy) is 1. The molecule has 1 heterocycles. The molecule has 0 bridgehead atoms. The van der Waals surface area contributed by atoms with Gasteiger partial charge in [0, 0.05) is 24.6 Å². The minimum absolute atomic E-state index is 0.505. The third kappa shape index (κ3) is 3.93. The second-order valence-corrected chi connectivity index (χ2v) is 4.66. The van der Waals surface area contributed by atoms with Crippen LogP contribution < -0.4 is 5.32 Å². The first kappa shape index (κ1) is 12.7. The summed E-state index contributed by atoms with van der Waals surface area (Å²) in [5, 5.41) is 5.71. The van der Waals surface area contributed by atoms with Crippen molar-refractivity contribution in [1.29, 1.82) is 0 Å². The monoisotopic (exact) mass is 227 g/mol. The molecule has 1 N–H and O–H groups in total. The van der Waals surface area contributed by atoms with Crippen molar-refractivity contribution in [2.75, 3.05) is 20.3 Å². The lowest BCUT2D eigenvalue weighted by Crippen LogP contribution is -2.21. The van der Waals surface area contributed by atoms with Crippen LogP contribution in [-0.2, 0) is 4.74 Å². The predicted molar refractivity (Wildman–Crippen MR) is 66.6 cm³/mol. The second kappa shape index (κ2) is 6.99. The fraction of sp³-hybridized carbons (Fsp3) is 0.667. The maximum Gasteiger partial charge on any atom is 0.0462 e. The van der Waals surface area contributed by atoms with Gasteiger partial charge in [0.1, 0.15) is 0 Å². The first-order chi connectivity index (χ1) is 7.29. The van der Waals surface area contributed by atoms with E-state index in [4.69, 9.17) is 4.74 Å². The molecule has 15 heavy (non-hydrogen) atoms. The van der Waals surface area contributed by atoms with Gasteiger partial charge in [0.05, 0.1) is 0 Å². The van der Waals surface area contributed by atoms with Crippen molar-refractivity contribution < 1.29 is 4.74 Å². The molecule has 1 aromatic heterocycles. The number of methoxy groups -OCH3 is 1. The summed E-state index contributed by atoms with van der Waals surface area (Å²) in [5.41, 5.74) is 1.41. The van der Waals surface area contributed by atoms with E-state index in [1.807, 2.05) is 11.3 Å². The van der Waals surface area contributed by atoms with Crippen LogP contribution in [0.2, 0.25) is 0 Å². The zero-order valence-corrected chi connectivity index (χ0v) is 10.7. The highest BCUT2D eigenvalue weighted by atomic mass is 32.1. The predicted octanol–water partition coefficient (Wildman–Crippen LogP) is 3.13. The van der Waals surface area contributed by atoms with Gasteiger partial charge in [-0.2, -0.15) is 0 Å². The van der Waals surface area contributed by atoms with Crippen LogP contribution >= 0.6 is 11.3 Å². The van der Waals surface area contributed by atoms with Gasteiger partial charge >= 0.3 is 0 Å². The van der Waals surface area contributed by atoms with Crippen molar-refractivity contribution in [2.24, 2.45) is 0 Å². The number of nitrogens with one attached hydrogen (secondary N) is 1. The number of hydrogen-bond acceptors (Lipinski definition) is 3. The van der Waals surface area contributed by atoms with E-state index in [1.54, 1.807) is 7.11 Å². The summed E-state index contributed by atoms with van der Waals surface area (Å²) in [6.07, 6.45) is 2.27. The first-order valence-corrected chi connectivity index (χ1v) is 6.43. The van der Waals surface area contributed by atoms with E-state index < -0.39 is 0 Å². The van der Waals surface area contributed by atoms with Gasteiger partial charge < -0.3 is 10.1 Å². The normalized spacial score (nSPS) is 13.0. The van der Waals surface area contributed by atoms with Gasteiger partial charge in [0.25, 0.3) is 0 Å². The van der Waals surface area contributed by atoms with Crippen LogP contribution in [0.1, 0.15) is 36.2 Å². The Morgan fingerprint density at radius 3 is 2.87 bits per heavy atom. The van der Waals surface area contributed by atoms with Crippen LogP contribution in [-0.4, -0.2) is 20.3 Å². The minimum Gasteiger partial charge on any atom is -0.385 e. The van der Waals surface area contributed by atoms with E-state index in [2.05, 4.69) is 30.6 Å². The van der Waals surface area contributed by atoms with Crippen molar-refractivity contribution in [1.82, 2.24) is 5.32 Å². The van der Waals surface area contributed by atoms with E-state index in [1.165, 1.54) is 10.4 Å². The highest BCUT2D eigenvalue weighted by Crippen LogP contribution is 2.27. The Kier molecular flexibility index (Phi) is 5.91. The van der Waals surface area contributed by atoms with Gasteiger partial charge in [-0.05, 0) is 43.3 Å². The molecule has 0 amide bonds. The number of hydrogen-bond donors (Lipinski definition) is 1. The SMILES string of the molecule is CCNC(CCCOC)c1sccc1C. The Labute approximate surface area is 96.7 Å². The molecule has 0 fully saturated rings. The summed E-state index contributed by atoms with van der Waals surface area (Å²) >= 11 is 1.85. The molecule has 0 aliphatic rings. The molecule has 0 aliphatic heterocycles. The molecule has 2 nitrogen and oxygen atoms in total. The number of aryl methyl sites for hydroxylation is 1. The summed E-state index contributed by atoms with van der Waals surface area (Å²) in [7, 11) is 1.76.